The van der Waals surface area contributed by atoms with E-state index in [1.807, 2.05) is 4.90 Å². The van der Waals surface area contributed by atoms with Crippen molar-refractivity contribution in [2.75, 3.05) is 55.7 Å². The van der Waals surface area contributed by atoms with Gasteiger partial charge in [0.1, 0.15) is 23.9 Å². The van der Waals surface area contributed by atoms with E-state index in [0.29, 0.717) is 62.3 Å². The quantitative estimate of drug-likeness (QED) is 0.420. The van der Waals surface area contributed by atoms with Gasteiger partial charge in [-0.2, -0.15) is 0 Å². The van der Waals surface area contributed by atoms with Gasteiger partial charge in [-0.1, -0.05) is 0 Å². The number of nitrogens with one attached hydrogen (secondary N) is 2. The Morgan fingerprint density at radius 3 is 2.71 bits per heavy atom. The number of cyclic esters (lactones) is 1. The van der Waals surface area contributed by atoms with Crippen molar-refractivity contribution in [3.05, 3.63) is 47.9 Å². The van der Waals surface area contributed by atoms with Gasteiger partial charge in [-0.15, -0.1) is 0 Å². The molecule has 3 fully saturated rings. The second-order valence-corrected chi connectivity index (χ2v) is 10.8. The first-order chi connectivity index (χ1) is 20.3. The molecule has 222 valence electrons. The van der Waals surface area contributed by atoms with Gasteiger partial charge in [0.2, 0.25) is 5.91 Å². The molecule has 14 heteroatoms. The molecule has 2 N–H and O–H groups in total. The maximum absolute atomic E-state index is 15.2. The molecule has 1 aromatic carbocycles. The largest absolute Gasteiger partial charge is 0.462 e. The number of hydrogen-bond donors (Lipinski definition) is 2. The van der Waals surface area contributed by atoms with Gasteiger partial charge >= 0.3 is 12.1 Å². The standard InChI is InChI=1S/C28H32FN7O6/c29-21-12-19(36-15-20(42-28(36)40)17-41-26(38)11-18-1-2-18)3-4-23(21)33-7-9-34(10-8-33)25(37)14-31-27(39)22-16-35-6-5-30-13-24(35)32-22/h3-6,12,16,18,20,30H,1-2,7-11,13-15,17H2,(H,31,39)/t20-/m1/s1. The Kier molecular flexibility index (Phi) is 7.68. The number of carbonyl (C=O) groups excluding carboxylic acids is 4. The van der Waals surface area contributed by atoms with Crippen molar-refractivity contribution >= 4 is 41.5 Å². The number of piperazine rings is 1. The van der Waals surface area contributed by atoms with Gasteiger partial charge in [0.05, 0.1) is 31.0 Å². The minimum Gasteiger partial charge on any atom is -0.462 e. The van der Waals surface area contributed by atoms with Crippen LogP contribution in [0.4, 0.5) is 20.6 Å². The zero-order chi connectivity index (χ0) is 29.2. The normalized spacial score (nSPS) is 19.7. The topological polar surface area (TPSA) is 138 Å². The highest BCUT2D eigenvalue weighted by atomic mass is 19.1. The van der Waals surface area contributed by atoms with Gasteiger partial charge in [-0.25, -0.2) is 14.2 Å². The fraction of sp³-hybridized carbons (Fsp3) is 0.464. The van der Waals surface area contributed by atoms with E-state index in [1.54, 1.807) is 40.2 Å². The van der Waals surface area contributed by atoms with Crippen LogP contribution < -0.4 is 20.4 Å². The first kappa shape index (κ1) is 27.5. The lowest BCUT2D eigenvalue weighted by atomic mass is 10.2. The Morgan fingerprint density at radius 2 is 1.98 bits per heavy atom. The van der Waals surface area contributed by atoms with Crippen molar-refractivity contribution in [3.8, 4) is 0 Å². The van der Waals surface area contributed by atoms with Crippen LogP contribution in [0.3, 0.4) is 0 Å². The number of nitrogens with zero attached hydrogens (tertiary/aromatic N) is 5. The minimum atomic E-state index is -0.619. The van der Waals surface area contributed by atoms with E-state index in [2.05, 4.69) is 15.6 Å². The number of fused-ring (bicyclic) bond motifs is 1. The van der Waals surface area contributed by atoms with Gasteiger partial charge in [0, 0.05) is 51.2 Å². The lowest BCUT2D eigenvalue weighted by molar-refractivity contribution is -0.146. The van der Waals surface area contributed by atoms with E-state index in [1.165, 1.54) is 11.0 Å². The third-order valence-electron chi connectivity index (χ3n) is 7.73. The SMILES string of the molecule is O=C(CC1CC1)OC[C@H]1CN(c2ccc(N3CCN(C(=O)CNC(=O)c4cn5c(n4)CNC=C5)CC3)c(F)c2)C(=O)O1. The smallest absolute Gasteiger partial charge is 0.414 e. The number of aromatic nitrogens is 2. The molecule has 1 aliphatic carbocycles. The molecule has 0 spiro atoms. The highest BCUT2D eigenvalue weighted by molar-refractivity contribution is 5.95. The van der Waals surface area contributed by atoms with Crippen LogP contribution in [0.2, 0.25) is 0 Å². The van der Waals surface area contributed by atoms with E-state index in [0.717, 1.165) is 12.8 Å². The molecule has 3 amide bonds. The van der Waals surface area contributed by atoms with E-state index < -0.39 is 23.9 Å². The fourth-order valence-electron chi connectivity index (χ4n) is 5.18. The number of anilines is 2. The van der Waals surface area contributed by atoms with Crippen molar-refractivity contribution in [1.82, 2.24) is 25.1 Å². The van der Waals surface area contributed by atoms with Gasteiger partial charge < -0.3 is 34.5 Å². The van der Waals surface area contributed by atoms with Crippen molar-refractivity contribution in [1.29, 1.82) is 0 Å². The summed E-state index contributed by atoms with van der Waals surface area (Å²) in [5.74, 6) is -0.340. The minimum absolute atomic E-state index is 0.0261. The first-order valence-corrected chi connectivity index (χ1v) is 14.1. The molecule has 13 nitrogen and oxygen atoms in total. The van der Waals surface area contributed by atoms with Crippen molar-refractivity contribution in [2.45, 2.75) is 31.9 Å². The Labute approximate surface area is 241 Å². The summed E-state index contributed by atoms with van der Waals surface area (Å²) in [4.78, 5) is 58.5. The lowest BCUT2D eigenvalue weighted by Gasteiger charge is -2.36. The predicted octanol–water partition coefficient (Wildman–Crippen LogP) is 1.30. The Balaban J connectivity index is 0.967. The number of esters is 1. The Bertz CT molecular complexity index is 1420. The number of imidazole rings is 1. The number of hydrogen-bond acceptors (Lipinski definition) is 9. The Hall–Kier alpha value is -4.62. The molecule has 0 bridgehead atoms. The van der Waals surface area contributed by atoms with Crippen LogP contribution in [0.5, 0.6) is 0 Å². The maximum Gasteiger partial charge on any atom is 0.414 e. The van der Waals surface area contributed by atoms with Crippen LogP contribution >= 0.6 is 0 Å². The summed E-state index contributed by atoms with van der Waals surface area (Å²) in [6.45, 7) is 2.03. The summed E-state index contributed by atoms with van der Waals surface area (Å²) in [7, 11) is 0. The first-order valence-electron chi connectivity index (χ1n) is 14.1. The second kappa shape index (κ2) is 11.7. The average Bonchev–Trinajstić information content (AvgIpc) is 3.56. The number of rotatable bonds is 9. The van der Waals surface area contributed by atoms with Gasteiger partial charge in [0.25, 0.3) is 5.91 Å². The Morgan fingerprint density at radius 1 is 1.17 bits per heavy atom. The monoisotopic (exact) mass is 581 g/mol. The molecule has 4 aliphatic rings. The summed E-state index contributed by atoms with van der Waals surface area (Å²) in [6, 6.07) is 4.53. The number of benzene rings is 1. The van der Waals surface area contributed by atoms with E-state index in [4.69, 9.17) is 9.47 Å². The molecule has 42 heavy (non-hydrogen) atoms. The van der Waals surface area contributed by atoms with E-state index in [-0.39, 0.29) is 37.3 Å². The molecule has 4 heterocycles. The molecular formula is C28H32FN7O6. The molecule has 1 aromatic heterocycles. The molecule has 2 saturated heterocycles. The third kappa shape index (κ3) is 6.16. The second-order valence-electron chi connectivity index (χ2n) is 10.8. The van der Waals surface area contributed by atoms with Crippen LogP contribution in [0.1, 0.15) is 35.6 Å². The van der Waals surface area contributed by atoms with Crippen molar-refractivity contribution in [2.24, 2.45) is 5.92 Å². The number of halogens is 1. The average molecular weight is 582 g/mol. The van der Waals surface area contributed by atoms with Crippen LogP contribution in [-0.2, 0) is 25.6 Å². The van der Waals surface area contributed by atoms with Crippen LogP contribution in [0, 0.1) is 11.7 Å². The number of carbonyl (C=O) groups is 4. The zero-order valence-corrected chi connectivity index (χ0v) is 23.0. The third-order valence-corrected chi connectivity index (χ3v) is 7.73. The van der Waals surface area contributed by atoms with Gasteiger partial charge in [-0.3, -0.25) is 19.3 Å². The van der Waals surface area contributed by atoms with Gasteiger partial charge in [0.15, 0.2) is 6.10 Å². The van der Waals surface area contributed by atoms with Crippen LogP contribution in [0.15, 0.2) is 30.6 Å². The van der Waals surface area contributed by atoms with Crippen LogP contribution in [0.25, 0.3) is 6.20 Å². The highest BCUT2D eigenvalue weighted by Crippen LogP contribution is 2.33. The molecule has 3 aliphatic heterocycles. The molecule has 0 unspecified atom stereocenters. The molecule has 1 atom stereocenters. The molecule has 6 rings (SSSR count). The summed E-state index contributed by atoms with van der Waals surface area (Å²) in [6.07, 6.45) is 6.38. The number of ether oxygens (including phenoxy) is 2. The van der Waals surface area contributed by atoms with Crippen molar-refractivity contribution in [3.63, 3.8) is 0 Å². The van der Waals surface area contributed by atoms with E-state index in [9.17, 15) is 19.2 Å². The zero-order valence-electron chi connectivity index (χ0n) is 23.0. The maximum atomic E-state index is 15.2. The summed E-state index contributed by atoms with van der Waals surface area (Å²) in [5, 5.41) is 5.65. The lowest BCUT2D eigenvalue weighted by Crippen LogP contribution is -2.51. The highest BCUT2D eigenvalue weighted by Gasteiger charge is 2.34. The molecule has 0 radical (unpaired) electrons. The summed E-state index contributed by atoms with van der Waals surface area (Å²) >= 11 is 0. The molecular weight excluding hydrogens is 549 g/mol. The van der Waals surface area contributed by atoms with E-state index >= 15 is 4.39 Å². The number of amides is 3. The van der Waals surface area contributed by atoms with Crippen molar-refractivity contribution < 1.29 is 33.0 Å². The summed E-state index contributed by atoms with van der Waals surface area (Å²) < 4.78 is 27.5. The predicted molar refractivity (Wildman–Crippen MR) is 148 cm³/mol. The molecule has 1 saturated carbocycles. The van der Waals surface area contributed by atoms with Crippen LogP contribution in [-0.4, -0.2) is 90.3 Å². The fourth-order valence-corrected chi connectivity index (χ4v) is 5.18. The molecule has 2 aromatic rings. The van der Waals surface area contributed by atoms with Gasteiger partial charge in [-0.05, 0) is 37.0 Å². The summed E-state index contributed by atoms with van der Waals surface area (Å²) in [5.41, 5.74) is 0.952.